The van der Waals surface area contributed by atoms with Crippen LogP contribution in [0.25, 0.3) is 0 Å². The number of allylic oxidation sites excluding steroid dienone is 23. The minimum atomic E-state index is -4.62. The minimum absolute atomic E-state index is 0.0149. The molecule has 0 saturated heterocycles. The number of phosphoric ester groups is 1. The van der Waals surface area contributed by atoms with E-state index in [1.807, 2.05) is 27.2 Å². The second-order valence-electron chi connectivity index (χ2n) is 23.8. The van der Waals surface area contributed by atoms with Crippen molar-refractivity contribution in [3.8, 4) is 0 Å². The summed E-state index contributed by atoms with van der Waals surface area (Å²) in [5.74, 6) is -0.216. The van der Waals surface area contributed by atoms with Crippen molar-refractivity contribution < 1.29 is 32.9 Å². The summed E-state index contributed by atoms with van der Waals surface area (Å²) in [5, 5.41) is 13.9. The van der Waals surface area contributed by atoms with Crippen LogP contribution in [-0.4, -0.2) is 68.5 Å². The molecule has 0 fully saturated rings. The van der Waals surface area contributed by atoms with Crippen LogP contribution in [0.5, 0.6) is 0 Å². The van der Waals surface area contributed by atoms with Crippen molar-refractivity contribution in [2.24, 2.45) is 0 Å². The quantitative estimate of drug-likeness (QED) is 0.0272. The summed E-state index contributed by atoms with van der Waals surface area (Å²) in [6.45, 7) is 4.51. The monoisotopic (exact) mass is 1180 g/mol. The van der Waals surface area contributed by atoms with Crippen molar-refractivity contribution in [1.29, 1.82) is 0 Å². The Hall–Kier alpha value is -3.62. The van der Waals surface area contributed by atoms with Crippen molar-refractivity contribution in [3.05, 3.63) is 146 Å². The van der Waals surface area contributed by atoms with Crippen molar-refractivity contribution >= 4 is 13.7 Å². The van der Waals surface area contributed by atoms with Crippen LogP contribution in [0.2, 0.25) is 0 Å². The molecule has 84 heavy (non-hydrogen) atoms. The maximum Gasteiger partial charge on any atom is 0.268 e. The summed E-state index contributed by atoms with van der Waals surface area (Å²) in [6, 6.07) is -0.920. The molecule has 0 bridgehead atoms. The molecule has 0 spiro atoms. The van der Waals surface area contributed by atoms with Crippen molar-refractivity contribution in [2.45, 2.75) is 283 Å². The number of nitrogens with one attached hydrogen (secondary N) is 1. The largest absolute Gasteiger partial charge is 0.756 e. The topological polar surface area (TPSA) is 108 Å². The smallest absolute Gasteiger partial charge is 0.268 e. The van der Waals surface area contributed by atoms with E-state index in [-0.39, 0.29) is 12.5 Å². The molecule has 0 radical (unpaired) electrons. The molecule has 1 amide bonds. The van der Waals surface area contributed by atoms with Gasteiger partial charge in [0.2, 0.25) is 5.91 Å². The van der Waals surface area contributed by atoms with Crippen LogP contribution in [0, 0.1) is 0 Å². The average Bonchev–Trinajstić information content (AvgIpc) is 3.56. The van der Waals surface area contributed by atoms with E-state index < -0.39 is 26.6 Å². The number of quaternary nitrogens is 1. The first kappa shape index (κ1) is 80.4. The number of phosphoric acid groups is 1. The number of likely N-dealkylation sites (N-methyl/N-ethyl adjacent to an activating group) is 1. The molecule has 0 aromatic rings. The summed E-state index contributed by atoms with van der Waals surface area (Å²) >= 11 is 0. The number of carbonyl (C=O) groups excluding carboxylic acids is 1. The van der Waals surface area contributed by atoms with Crippen LogP contribution < -0.4 is 10.2 Å². The Balaban J connectivity index is 4.12. The lowest BCUT2D eigenvalue weighted by Crippen LogP contribution is -2.45. The Bertz CT molecular complexity index is 1880. The fourth-order valence-corrected chi connectivity index (χ4v) is 9.96. The highest BCUT2D eigenvalue weighted by molar-refractivity contribution is 7.45. The van der Waals surface area contributed by atoms with Gasteiger partial charge in [-0.2, -0.15) is 0 Å². The van der Waals surface area contributed by atoms with E-state index in [9.17, 15) is 19.4 Å². The van der Waals surface area contributed by atoms with Gasteiger partial charge in [0.25, 0.3) is 7.82 Å². The molecule has 0 aliphatic heterocycles. The second-order valence-corrected chi connectivity index (χ2v) is 25.2. The molecular weight excluding hydrogens is 1060 g/mol. The third-order valence-electron chi connectivity index (χ3n) is 14.5. The van der Waals surface area contributed by atoms with Crippen molar-refractivity contribution in [2.75, 3.05) is 40.9 Å². The van der Waals surface area contributed by atoms with Gasteiger partial charge >= 0.3 is 0 Å². The van der Waals surface area contributed by atoms with E-state index >= 15 is 0 Å². The molecule has 0 aliphatic rings. The summed E-state index contributed by atoms with van der Waals surface area (Å²) in [7, 11) is 1.22. The average molecular weight is 1190 g/mol. The summed E-state index contributed by atoms with van der Waals surface area (Å²) < 4.78 is 23.4. The maximum atomic E-state index is 13.0. The number of unbranched alkanes of at least 4 members (excludes halogenated alkanes) is 26. The first-order valence-electron chi connectivity index (χ1n) is 34.2. The predicted molar refractivity (Wildman–Crippen MR) is 366 cm³/mol. The molecule has 3 unspecified atom stereocenters. The first-order valence-corrected chi connectivity index (χ1v) is 35.7. The zero-order valence-electron chi connectivity index (χ0n) is 54.8. The Morgan fingerprint density at radius 3 is 1.11 bits per heavy atom. The van der Waals surface area contributed by atoms with Gasteiger partial charge in [0.05, 0.1) is 39.9 Å². The molecule has 0 saturated carbocycles. The zero-order chi connectivity index (χ0) is 61.2. The molecule has 3 atom stereocenters. The van der Waals surface area contributed by atoms with E-state index in [0.29, 0.717) is 17.4 Å². The van der Waals surface area contributed by atoms with Gasteiger partial charge in [-0.15, -0.1) is 0 Å². The van der Waals surface area contributed by atoms with Gasteiger partial charge in [-0.3, -0.25) is 9.36 Å². The van der Waals surface area contributed by atoms with Crippen LogP contribution in [0.4, 0.5) is 0 Å². The number of amides is 1. The van der Waals surface area contributed by atoms with Crippen molar-refractivity contribution in [1.82, 2.24) is 5.32 Å². The van der Waals surface area contributed by atoms with E-state index in [2.05, 4.69) is 153 Å². The third kappa shape index (κ3) is 65.9. The molecule has 0 aliphatic carbocycles. The number of nitrogens with zero attached hydrogens (tertiary/aromatic N) is 1. The predicted octanol–water partition coefficient (Wildman–Crippen LogP) is 21.4. The Labute approximate surface area is 519 Å². The van der Waals surface area contributed by atoms with Gasteiger partial charge < -0.3 is 28.8 Å². The number of hydrogen-bond donors (Lipinski definition) is 2. The van der Waals surface area contributed by atoms with Gasteiger partial charge in [0, 0.05) is 6.42 Å². The summed E-state index contributed by atoms with van der Waals surface area (Å²) in [5.41, 5.74) is 0. The number of hydrogen-bond acceptors (Lipinski definition) is 6. The SMILES string of the molecule is CC/C=C\C/C=C\C/C=C\C/C=C\C/C=C\C/C=C\C/C=C\C/C=C\C/C=C\CCCCCCCCCCCCCCCC(=O)NC(COP(=O)([O-])OCC[N+](C)(C)C)C(O)/C=C/CC/C=C/CC/C=C/CCCCCCCCCCCCC. The third-order valence-corrected chi connectivity index (χ3v) is 15.5. The van der Waals surface area contributed by atoms with Crippen LogP contribution in [0.1, 0.15) is 271 Å². The van der Waals surface area contributed by atoms with Gasteiger partial charge in [0.1, 0.15) is 13.2 Å². The second kappa shape index (κ2) is 63.9. The zero-order valence-corrected chi connectivity index (χ0v) is 55.7. The molecule has 0 aromatic carbocycles. The molecule has 8 nitrogen and oxygen atoms in total. The standard InChI is InChI=1S/C75H129N2O6P/c1-6-8-10-12-14-16-18-20-22-24-26-28-29-30-31-32-33-34-35-36-37-38-39-40-41-42-43-44-45-46-47-49-51-53-55-57-59-61-63-65-67-69-75(79)76-73(72-83-84(80,81)82-71-70-77(3,4)5)74(78)68-66-64-62-60-58-56-54-52-50-48-27-25-23-21-19-17-15-13-11-9-7-2/h8,10,14,16,20,22,26,28,30-31,33-34,36-37,39-40,42-43,50,52,58,60,66,68,73-74,78H,6-7,9,11-13,15,17-19,21,23-25,27,29,32,35,38,41,44-49,51,53-57,59,61-65,67,69-72H2,1-5H3,(H-,76,79,80,81)/b10-8-,16-14-,22-20-,28-26-,31-30-,34-33-,37-36-,40-39-,43-42-,52-50+,60-58+,68-66+. The van der Waals surface area contributed by atoms with E-state index in [1.165, 1.54) is 148 Å². The Morgan fingerprint density at radius 1 is 0.429 bits per heavy atom. The van der Waals surface area contributed by atoms with Gasteiger partial charge in [-0.1, -0.05) is 295 Å². The highest BCUT2D eigenvalue weighted by Crippen LogP contribution is 2.38. The van der Waals surface area contributed by atoms with Crippen LogP contribution in [0.15, 0.2) is 146 Å². The summed E-state index contributed by atoms with van der Waals surface area (Å²) in [6.07, 6.45) is 98.2. The van der Waals surface area contributed by atoms with Gasteiger partial charge in [-0.05, 0) is 116 Å². The number of rotatable bonds is 61. The van der Waals surface area contributed by atoms with E-state index in [4.69, 9.17) is 9.05 Å². The number of carbonyl (C=O) groups is 1. The highest BCUT2D eigenvalue weighted by Gasteiger charge is 2.23. The Morgan fingerprint density at radius 2 is 0.738 bits per heavy atom. The van der Waals surface area contributed by atoms with Gasteiger partial charge in [-0.25, -0.2) is 0 Å². The normalized spacial score (nSPS) is 14.6. The van der Waals surface area contributed by atoms with Crippen LogP contribution in [0.3, 0.4) is 0 Å². The first-order chi connectivity index (χ1) is 41.0. The molecule has 0 heterocycles. The molecule has 0 rings (SSSR count). The Kier molecular flexibility index (Phi) is 61.1. The van der Waals surface area contributed by atoms with E-state index in [1.54, 1.807) is 6.08 Å². The van der Waals surface area contributed by atoms with E-state index in [0.717, 1.165) is 103 Å². The summed E-state index contributed by atoms with van der Waals surface area (Å²) in [4.78, 5) is 25.6. The molecular formula is C75H129N2O6P. The fraction of sp³-hybridized carbons (Fsp3) is 0.667. The van der Waals surface area contributed by atoms with Gasteiger partial charge in [0.15, 0.2) is 0 Å². The molecule has 0 aromatic heterocycles. The number of aliphatic hydroxyl groups excluding tert-OH is 1. The lowest BCUT2D eigenvalue weighted by Gasteiger charge is -2.29. The molecule has 480 valence electrons. The van der Waals surface area contributed by atoms with Crippen LogP contribution in [-0.2, 0) is 18.4 Å². The minimum Gasteiger partial charge on any atom is -0.756 e. The fourth-order valence-electron chi connectivity index (χ4n) is 9.24. The number of aliphatic hydroxyl groups is 1. The highest BCUT2D eigenvalue weighted by atomic mass is 31.2. The molecule has 2 N–H and O–H groups in total. The maximum absolute atomic E-state index is 13.0. The lowest BCUT2D eigenvalue weighted by atomic mass is 10.0. The van der Waals surface area contributed by atoms with Crippen LogP contribution >= 0.6 is 7.82 Å². The molecule has 9 heteroatoms. The lowest BCUT2D eigenvalue weighted by molar-refractivity contribution is -0.870. The van der Waals surface area contributed by atoms with Crippen molar-refractivity contribution in [3.63, 3.8) is 0 Å².